The third kappa shape index (κ3) is 4.25. The highest BCUT2D eigenvalue weighted by atomic mass is 19.4. The first-order chi connectivity index (χ1) is 12.1. The molecule has 5 nitrogen and oxygen atoms in total. The quantitative estimate of drug-likeness (QED) is 0.795. The van der Waals surface area contributed by atoms with Crippen LogP contribution in [-0.4, -0.2) is 30.5 Å². The Morgan fingerprint density at radius 2 is 1.77 bits per heavy atom. The molecule has 1 aromatic heterocycles. The maximum absolute atomic E-state index is 12.5. The summed E-state index contributed by atoms with van der Waals surface area (Å²) in [4.78, 5) is 26.9. The molecule has 0 atom stereocenters. The van der Waals surface area contributed by atoms with Crippen LogP contribution in [0.4, 0.5) is 13.2 Å². The van der Waals surface area contributed by atoms with Crippen molar-refractivity contribution in [2.45, 2.75) is 26.4 Å². The van der Waals surface area contributed by atoms with Gasteiger partial charge in [-0.15, -0.1) is 0 Å². The number of methoxy groups -OCH3 is 1. The Balaban J connectivity index is 1.98. The van der Waals surface area contributed by atoms with Crippen molar-refractivity contribution in [1.82, 2.24) is 10.3 Å². The van der Waals surface area contributed by atoms with Crippen LogP contribution in [0.3, 0.4) is 0 Å². The minimum Gasteiger partial charge on any atom is -0.465 e. The lowest BCUT2D eigenvalue weighted by Crippen LogP contribution is -2.26. The number of rotatable bonds is 5. The van der Waals surface area contributed by atoms with Crippen molar-refractivity contribution in [1.29, 1.82) is 0 Å². The van der Waals surface area contributed by atoms with E-state index in [2.05, 4.69) is 10.3 Å². The summed E-state index contributed by atoms with van der Waals surface area (Å²) in [5.74, 6) is -0.923. The standard InChI is InChI=1S/C18H19F3N2O3/c1-10-14(17(25)26-3)11(2)23-15(10)16(24)22-9-8-12-4-6-13(7-5-12)18(19,20)21/h4-7,23H,8-9H2,1-3H3,(H,22,24). The van der Waals surface area contributed by atoms with Crippen molar-refractivity contribution < 1.29 is 27.5 Å². The summed E-state index contributed by atoms with van der Waals surface area (Å²) < 4.78 is 42.3. The number of ether oxygens (including phenoxy) is 1. The zero-order valence-electron chi connectivity index (χ0n) is 14.6. The van der Waals surface area contributed by atoms with Crippen molar-refractivity contribution in [3.8, 4) is 0 Å². The fourth-order valence-electron chi connectivity index (χ4n) is 2.65. The van der Waals surface area contributed by atoms with Crippen molar-refractivity contribution >= 4 is 11.9 Å². The molecule has 0 saturated heterocycles. The van der Waals surface area contributed by atoms with E-state index in [-0.39, 0.29) is 12.2 Å². The third-order valence-corrected chi connectivity index (χ3v) is 4.03. The molecule has 0 aliphatic rings. The van der Waals surface area contributed by atoms with Crippen molar-refractivity contribution in [2.24, 2.45) is 0 Å². The van der Waals surface area contributed by atoms with Crippen molar-refractivity contribution in [2.75, 3.05) is 13.7 Å². The van der Waals surface area contributed by atoms with Gasteiger partial charge in [0.15, 0.2) is 0 Å². The van der Waals surface area contributed by atoms with Gasteiger partial charge in [0.1, 0.15) is 5.69 Å². The highest BCUT2D eigenvalue weighted by Crippen LogP contribution is 2.29. The first-order valence-electron chi connectivity index (χ1n) is 7.87. The Bertz CT molecular complexity index is 808. The molecule has 0 bridgehead atoms. The minimum atomic E-state index is -4.37. The molecule has 1 aromatic carbocycles. The summed E-state index contributed by atoms with van der Waals surface area (Å²) in [6.07, 6.45) is -3.99. The van der Waals surface area contributed by atoms with Crippen LogP contribution in [0.5, 0.6) is 0 Å². The number of aryl methyl sites for hydroxylation is 1. The average molecular weight is 368 g/mol. The van der Waals surface area contributed by atoms with Crippen LogP contribution >= 0.6 is 0 Å². The molecular weight excluding hydrogens is 349 g/mol. The van der Waals surface area contributed by atoms with Gasteiger partial charge in [0.25, 0.3) is 5.91 Å². The number of alkyl halides is 3. The highest BCUT2D eigenvalue weighted by molar-refractivity contribution is 6.00. The van der Waals surface area contributed by atoms with Gasteiger partial charge in [-0.05, 0) is 43.5 Å². The summed E-state index contributed by atoms with van der Waals surface area (Å²) in [6.45, 7) is 3.55. The Morgan fingerprint density at radius 1 is 1.15 bits per heavy atom. The van der Waals surface area contributed by atoms with Crippen LogP contribution in [0.15, 0.2) is 24.3 Å². The van der Waals surface area contributed by atoms with Gasteiger partial charge in [-0.2, -0.15) is 13.2 Å². The number of aromatic amines is 1. The topological polar surface area (TPSA) is 71.2 Å². The molecule has 26 heavy (non-hydrogen) atoms. The van der Waals surface area contributed by atoms with Crippen LogP contribution in [0.1, 0.15) is 43.2 Å². The predicted octanol–water partition coefficient (Wildman–Crippen LogP) is 3.41. The largest absolute Gasteiger partial charge is 0.465 e. The first kappa shape index (κ1) is 19.6. The lowest BCUT2D eigenvalue weighted by atomic mass is 10.1. The van der Waals surface area contributed by atoms with Gasteiger partial charge in [-0.3, -0.25) is 4.79 Å². The Hall–Kier alpha value is -2.77. The summed E-state index contributed by atoms with van der Waals surface area (Å²) in [5, 5.41) is 2.69. The van der Waals surface area contributed by atoms with E-state index in [0.717, 1.165) is 12.1 Å². The lowest BCUT2D eigenvalue weighted by molar-refractivity contribution is -0.137. The van der Waals surface area contributed by atoms with E-state index in [9.17, 15) is 22.8 Å². The molecular formula is C18H19F3N2O3. The van der Waals surface area contributed by atoms with Crippen LogP contribution < -0.4 is 5.32 Å². The van der Waals surface area contributed by atoms with Gasteiger partial charge in [0.2, 0.25) is 0 Å². The molecule has 1 amide bonds. The number of aromatic nitrogens is 1. The van der Waals surface area contributed by atoms with Gasteiger partial charge in [-0.1, -0.05) is 12.1 Å². The number of hydrogen-bond acceptors (Lipinski definition) is 3. The van der Waals surface area contributed by atoms with Gasteiger partial charge in [-0.25, -0.2) is 4.79 Å². The van der Waals surface area contributed by atoms with Gasteiger partial charge < -0.3 is 15.0 Å². The second-order valence-corrected chi connectivity index (χ2v) is 5.82. The van der Waals surface area contributed by atoms with Crippen molar-refractivity contribution in [3.05, 3.63) is 57.9 Å². The van der Waals surface area contributed by atoms with Gasteiger partial charge in [0.05, 0.1) is 18.2 Å². The first-order valence-corrected chi connectivity index (χ1v) is 7.87. The maximum Gasteiger partial charge on any atom is 0.416 e. The van der Waals surface area contributed by atoms with E-state index in [0.29, 0.717) is 28.8 Å². The number of nitrogens with one attached hydrogen (secondary N) is 2. The van der Waals surface area contributed by atoms with Crippen LogP contribution in [0.2, 0.25) is 0 Å². The average Bonchev–Trinajstić information content (AvgIpc) is 2.88. The fourth-order valence-corrected chi connectivity index (χ4v) is 2.65. The van der Waals surface area contributed by atoms with Crippen LogP contribution in [0.25, 0.3) is 0 Å². The second-order valence-electron chi connectivity index (χ2n) is 5.82. The monoisotopic (exact) mass is 368 g/mol. The second kappa shape index (κ2) is 7.63. The normalized spacial score (nSPS) is 11.3. The van der Waals surface area contributed by atoms with E-state index in [4.69, 9.17) is 4.74 Å². The zero-order valence-corrected chi connectivity index (χ0v) is 14.6. The molecule has 0 saturated carbocycles. The van der Waals surface area contributed by atoms with Gasteiger partial charge >= 0.3 is 12.1 Å². The minimum absolute atomic E-state index is 0.245. The predicted molar refractivity (Wildman–Crippen MR) is 89.1 cm³/mol. The molecule has 2 rings (SSSR count). The Labute approximate surface area is 148 Å². The molecule has 0 unspecified atom stereocenters. The molecule has 1 heterocycles. The summed E-state index contributed by atoms with van der Waals surface area (Å²) >= 11 is 0. The maximum atomic E-state index is 12.5. The fraction of sp³-hybridized carbons (Fsp3) is 0.333. The van der Waals surface area contributed by atoms with E-state index < -0.39 is 23.6 Å². The number of carbonyl (C=O) groups is 2. The molecule has 2 N–H and O–H groups in total. The Morgan fingerprint density at radius 3 is 2.31 bits per heavy atom. The third-order valence-electron chi connectivity index (χ3n) is 4.03. The summed E-state index contributed by atoms with van der Waals surface area (Å²) in [5.41, 5.74) is 1.56. The van der Waals surface area contributed by atoms with E-state index in [1.165, 1.54) is 19.2 Å². The summed E-state index contributed by atoms with van der Waals surface area (Å²) in [6, 6.07) is 4.79. The number of halogens is 3. The lowest BCUT2D eigenvalue weighted by Gasteiger charge is -2.08. The SMILES string of the molecule is COC(=O)c1c(C)[nH]c(C(=O)NCCc2ccc(C(F)(F)F)cc2)c1C. The van der Waals surface area contributed by atoms with E-state index >= 15 is 0 Å². The number of H-pyrrole nitrogens is 1. The smallest absolute Gasteiger partial charge is 0.416 e. The molecule has 0 fully saturated rings. The molecule has 140 valence electrons. The summed E-state index contributed by atoms with van der Waals surface area (Å²) in [7, 11) is 1.26. The van der Waals surface area contributed by atoms with E-state index in [1.807, 2.05) is 0 Å². The van der Waals surface area contributed by atoms with E-state index in [1.54, 1.807) is 13.8 Å². The number of benzene rings is 1. The van der Waals surface area contributed by atoms with Crippen LogP contribution in [-0.2, 0) is 17.3 Å². The molecule has 0 spiro atoms. The highest BCUT2D eigenvalue weighted by Gasteiger charge is 2.29. The zero-order chi connectivity index (χ0) is 19.5. The molecule has 2 aromatic rings. The molecule has 8 heteroatoms. The number of hydrogen-bond donors (Lipinski definition) is 2. The van der Waals surface area contributed by atoms with Crippen LogP contribution in [0, 0.1) is 13.8 Å². The molecule has 0 radical (unpaired) electrons. The van der Waals surface area contributed by atoms with Crippen molar-refractivity contribution in [3.63, 3.8) is 0 Å². The number of amides is 1. The molecule has 0 aliphatic heterocycles. The number of carbonyl (C=O) groups excluding carboxylic acids is 2. The Kier molecular flexibility index (Phi) is 5.74. The number of esters is 1. The molecule has 0 aliphatic carbocycles. The van der Waals surface area contributed by atoms with Gasteiger partial charge in [0, 0.05) is 12.2 Å².